The fourth-order valence-corrected chi connectivity index (χ4v) is 2.34. The second kappa shape index (κ2) is 12.0. The van der Waals surface area contributed by atoms with Crippen molar-refractivity contribution in [2.24, 2.45) is 0 Å². The highest BCUT2D eigenvalue weighted by Gasteiger charge is 2.28. The van der Waals surface area contributed by atoms with Gasteiger partial charge in [-0.1, -0.05) is 40.0 Å². The van der Waals surface area contributed by atoms with E-state index in [4.69, 9.17) is 5.11 Å². The van der Waals surface area contributed by atoms with Crippen LogP contribution in [0, 0.1) is 0 Å². The average Bonchev–Trinajstić information content (AvgIpc) is 2.30. The summed E-state index contributed by atoms with van der Waals surface area (Å²) in [7, 11) is 0. The van der Waals surface area contributed by atoms with Gasteiger partial charge in [0.05, 0.1) is 19.6 Å². The zero-order valence-electron chi connectivity index (χ0n) is 12.3. The predicted molar refractivity (Wildman–Crippen MR) is 72.1 cm³/mol. The molecule has 0 aliphatic rings. The Hall–Kier alpha value is -0.0900. The minimum absolute atomic E-state index is 0. The highest BCUT2D eigenvalue weighted by atomic mass is 79.9. The van der Waals surface area contributed by atoms with E-state index in [2.05, 4.69) is 20.8 Å². The maximum atomic E-state index is 11.1. The Morgan fingerprint density at radius 2 is 1.22 bits per heavy atom. The maximum Gasteiger partial charge on any atom is 0.359 e. The zero-order chi connectivity index (χ0) is 13.1. The lowest BCUT2D eigenvalue weighted by atomic mass is 10.1. The van der Waals surface area contributed by atoms with Gasteiger partial charge in [-0.15, -0.1) is 0 Å². The first-order valence-corrected chi connectivity index (χ1v) is 7.17. The van der Waals surface area contributed by atoms with Crippen molar-refractivity contribution in [3.63, 3.8) is 0 Å². The second-order valence-corrected chi connectivity index (χ2v) is 5.12. The highest BCUT2D eigenvalue weighted by Crippen LogP contribution is 2.14. The van der Waals surface area contributed by atoms with E-state index in [1.165, 1.54) is 0 Å². The van der Waals surface area contributed by atoms with Crippen molar-refractivity contribution in [3.05, 3.63) is 0 Å². The van der Waals surface area contributed by atoms with Gasteiger partial charge in [-0.2, -0.15) is 0 Å². The van der Waals surface area contributed by atoms with E-state index in [0.717, 1.165) is 62.6 Å². The molecule has 110 valence electrons. The SMILES string of the molecule is CCCC[N+](CCCC)(CCCC)CC(=O)O.[Br-]. The van der Waals surface area contributed by atoms with E-state index < -0.39 is 5.97 Å². The Balaban J connectivity index is 0. The molecule has 0 amide bonds. The summed E-state index contributed by atoms with van der Waals surface area (Å²) in [6.07, 6.45) is 6.87. The molecule has 3 nitrogen and oxygen atoms in total. The van der Waals surface area contributed by atoms with Gasteiger partial charge >= 0.3 is 5.97 Å². The number of nitrogens with zero attached hydrogens (tertiary/aromatic N) is 1. The molecule has 0 saturated carbocycles. The van der Waals surface area contributed by atoms with Crippen molar-refractivity contribution in [3.8, 4) is 0 Å². The van der Waals surface area contributed by atoms with Crippen LogP contribution in [0.15, 0.2) is 0 Å². The second-order valence-electron chi connectivity index (χ2n) is 5.12. The van der Waals surface area contributed by atoms with Crippen LogP contribution in [0.1, 0.15) is 59.3 Å². The fourth-order valence-electron chi connectivity index (χ4n) is 2.34. The third-order valence-corrected chi connectivity index (χ3v) is 3.43. The summed E-state index contributed by atoms with van der Waals surface area (Å²) in [6, 6.07) is 0. The number of rotatable bonds is 11. The normalized spacial score (nSPS) is 11.1. The number of carbonyl (C=O) groups is 1. The van der Waals surface area contributed by atoms with E-state index in [-0.39, 0.29) is 17.0 Å². The van der Waals surface area contributed by atoms with Gasteiger partial charge < -0.3 is 26.6 Å². The van der Waals surface area contributed by atoms with Crippen molar-refractivity contribution >= 4 is 5.97 Å². The molecule has 4 heteroatoms. The molecule has 0 bridgehead atoms. The molecule has 1 N–H and O–H groups in total. The molecule has 0 aromatic heterocycles. The topological polar surface area (TPSA) is 37.3 Å². The van der Waals surface area contributed by atoms with Crippen molar-refractivity contribution in [2.75, 3.05) is 26.2 Å². The maximum absolute atomic E-state index is 11.1. The molecule has 0 unspecified atom stereocenters. The molecule has 0 aliphatic heterocycles. The molecule has 0 rings (SSSR count). The van der Waals surface area contributed by atoms with Crippen molar-refractivity contribution < 1.29 is 31.4 Å². The van der Waals surface area contributed by atoms with Gasteiger partial charge in [-0.3, -0.25) is 0 Å². The fraction of sp³-hybridized carbons (Fsp3) is 0.929. The number of halogens is 1. The Labute approximate surface area is 123 Å². The molecular formula is C14H30BrNO2. The van der Waals surface area contributed by atoms with Crippen LogP contribution in [0.5, 0.6) is 0 Å². The minimum Gasteiger partial charge on any atom is -1.00 e. The predicted octanol–water partition coefficient (Wildman–Crippen LogP) is 0.292. The van der Waals surface area contributed by atoms with Crippen LogP contribution in [0.4, 0.5) is 0 Å². The van der Waals surface area contributed by atoms with Crippen LogP contribution in [-0.2, 0) is 4.79 Å². The molecule has 0 heterocycles. The summed E-state index contributed by atoms with van der Waals surface area (Å²) in [4.78, 5) is 11.1. The van der Waals surface area contributed by atoms with Gasteiger partial charge in [0.15, 0.2) is 6.54 Å². The molecule has 0 aliphatic carbocycles. The van der Waals surface area contributed by atoms with Gasteiger partial charge in [0.1, 0.15) is 0 Å². The highest BCUT2D eigenvalue weighted by molar-refractivity contribution is 5.67. The summed E-state index contributed by atoms with van der Waals surface area (Å²) < 4.78 is 0.796. The Morgan fingerprint density at radius 1 is 0.889 bits per heavy atom. The lowest BCUT2D eigenvalue weighted by Crippen LogP contribution is -3.00. The summed E-state index contributed by atoms with van der Waals surface area (Å²) in [5, 5.41) is 9.13. The third kappa shape index (κ3) is 8.92. The third-order valence-electron chi connectivity index (χ3n) is 3.43. The number of quaternary nitrogens is 1. The largest absolute Gasteiger partial charge is 1.00 e. The molecule has 0 aromatic rings. The molecular weight excluding hydrogens is 294 g/mol. The van der Waals surface area contributed by atoms with Gasteiger partial charge in [0, 0.05) is 0 Å². The lowest BCUT2D eigenvalue weighted by molar-refractivity contribution is -0.922. The molecule has 0 atom stereocenters. The first-order valence-electron chi connectivity index (χ1n) is 7.17. The molecule has 0 aromatic carbocycles. The van der Waals surface area contributed by atoms with Crippen LogP contribution in [0.25, 0.3) is 0 Å². The first kappa shape index (κ1) is 20.2. The van der Waals surface area contributed by atoms with Crippen LogP contribution in [0.2, 0.25) is 0 Å². The number of carboxylic acid groups (broad SMARTS) is 1. The van der Waals surface area contributed by atoms with Gasteiger partial charge in [-0.25, -0.2) is 4.79 Å². The number of unbranched alkanes of at least 4 members (excludes halogenated alkanes) is 3. The lowest BCUT2D eigenvalue weighted by Gasteiger charge is -2.37. The van der Waals surface area contributed by atoms with E-state index in [1.807, 2.05) is 0 Å². The number of carboxylic acids is 1. The van der Waals surface area contributed by atoms with Gasteiger partial charge in [0.25, 0.3) is 0 Å². The Bertz CT molecular complexity index is 188. The van der Waals surface area contributed by atoms with Gasteiger partial charge in [-0.05, 0) is 19.3 Å². The van der Waals surface area contributed by atoms with Crippen molar-refractivity contribution in [1.29, 1.82) is 0 Å². The summed E-state index contributed by atoms with van der Waals surface area (Å²) >= 11 is 0. The molecule has 0 spiro atoms. The van der Waals surface area contributed by atoms with Crippen molar-refractivity contribution in [1.82, 2.24) is 0 Å². The zero-order valence-corrected chi connectivity index (χ0v) is 13.8. The molecule has 18 heavy (non-hydrogen) atoms. The standard InChI is InChI=1S/C14H29NO2.BrH/c1-4-7-10-15(11-8-5-2,12-9-6-3)13-14(16)17;/h4-13H2,1-3H3;1H. The van der Waals surface area contributed by atoms with Crippen LogP contribution in [0.3, 0.4) is 0 Å². The van der Waals surface area contributed by atoms with Crippen LogP contribution < -0.4 is 17.0 Å². The van der Waals surface area contributed by atoms with E-state index in [9.17, 15) is 4.79 Å². The van der Waals surface area contributed by atoms with Gasteiger partial charge in [0.2, 0.25) is 0 Å². The smallest absolute Gasteiger partial charge is 0.359 e. The summed E-state index contributed by atoms with van der Waals surface area (Å²) in [5.41, 5.74) is 0. The van der Waals surface area contributed by atoms with E-state index in [1.54, 1.807) is 0 Å². The molecule has 0 fully saturated rings. The van der Waals surface area contributed by atoms with E-state index >= 15 is 0 Å². The number of hydrogen-bond acceptors (Lipinski definition) is 1. The minimum atomic E-state index is -0.645. The number of hydrogen-bond donors (Lipinski definition) is 1. The first-order chi connectivity index (χ1) is 8.10. The number of aliphatic carboxylic acids is 1. The van der Waals surface area contributed by atoms with E-state index in [0.29, 0.717) is 6.54 Å². The van der Waals surface area contributed by atoms with Crippen LogP contribution in [-0.4, -0.2) is 41.7 Å². The Morgan fingerprint density at radius 3 is 1.44 bits per heavy atom. The molecule has 0 saturated heterocycles. The Kier molecular flexibility index (Phi) is 13.5. The summed E-state index contributed by atoms with van der Waals surface area (Å²) in [5.74, 6) is -0.645. The quantitative estimate of drug-likeness (QED) is 0.555. The van der Waals surface area contributed by atoms with Crippen molar-refractivity contribution in [2.45, 2.75) is 59.3 Å². The average molecular weight is 324 g/mol. The summed E-state index contributed by atoms with van der Waals surface area (Å²) in [6.45, 7) is 9.92. The monoisotopic (exact) mass is 323 g/mol. The van der Waals surface area contributed by atoms with Crippen LogP contribution >= 0.6 is 0 Å². The molecule has 0 radical (unpaired) electrons.